The van der Waals surface area contributed by atoms with Crippen molar-refractivity contribution in [1.29, 1.82) is 0 Å². The Kier molecular flexibility index (Phi) is 4.26. The van der Waals surface area contributed by atoms with Gasteiger partial charge < -0.3 is 10.1 Å². The molecule has 1 fully saturated rings. The van der Waals surface area contributed by atoms with Gasteiger partial charge >= 0.3 is 6.09 Å². The molecule has 88 valence electrons. The second-order valence-electron chi connectivity index (χ2n) is 5.16. The lowest BCUT2D eigenvalue weighted by Gasteiger charge is -2.20. The van der Waals surface area contributed by atoms with E-state index in [1.54, 1.807) is 0 Å². The van der Waals surface area contributed by atoms with Gasteiger partial charge in [0, 0.05) is 11.9 Å². The van der Waals surface area contributed by atoms with Crippen LogP contribution in [0.1, 0.15) is 40.0 Å². The average Bonchev–Trinajstić information content (AvgIpc) is 2.45. The van der Waals surface area contributed by atoms with Gasteiger partial charge in [-0.1, -0.05) is 0 Å². The highest BCUT2D eigenvalue weighted by Crippen LogP contribution is 2.28. The zero-order valence-corrected chi connectivity index (χ0v) is 10.4. The van der Waals surface area contributed by atoms with Crippen molar-refractivity contribution < 1.29 is 9.53 Å². The zero-order valence-electron chi connectivity index (χ0n) is 9.68. The number of halogens is 1. The summed E-state index contributed by atoms with van der Waals surface area (Å²) in [7, 11) is 0. The quantitative estimate of drug-likeness (QED) is 0.745. The zero-order chi connectivity index (χ0) is 11.5. The third-order valence-electron chi connectivity index (χ3n) is 2.41. The van der Waals surface area contributed by atoms with Crippen molar-refractivity contribution in [2.75, 3.05) is 6.54 Å². The number of nitrogens with one attached hydrogen (secondary N) is 1. The van der Waals surface area contributed by atoms with Crippen molar-refractivity contribution in [3.8, 4) is 0 Å². The Labute approximate surface area is 96.5 Å². The number of amides is 1. The average molecular weight is 234 g/mol. The molecule has 0 aromatic heterocycles. The molecular formula is C11H20ClNO2. The van der Waals surface area contributed by atoms with E-state index in [0.717, 1.165) is 19.3 Å². The Morgan fingerprint density at radius 3 is 2.60 bits per heavy atom. The largest absolute Gasteiger partial charge is 0.444 e. The Morgan fingerprint density at radius 1 is 1.47 bits per heavy atom. The normalized spacial score (nSPS) is 26.4. The van der Waals surface area contributed by atoms with E-state index in [4.69, 9.17) is 16.3 Å². The molecule has 1 rings (SSSR count). The van der Waals surface area contributed by atoms with Gasteiger partial charge in [-0.05, 0) is 46.0 Å². The van der Waals surface area contributed by atoms with Crippen molar-refractivity contribution in [3.63, 3.8) is 0 Å². The van der Waals surface area contributed by atoms with Gasteiger partial charge in [-0.25, -0.2) is 4.79 Å². The number of alkyl carbamates (subject to hydrolysis) is 1. The Bertz CT molecular complexity index is 225. The summed E-state index contributed by atoms with van der Waals surface area (Å²) in [5.41, 5.74) is -0.422. The minimum Gasteiger partial charge on any atom is -0.444 e. The molecule has 0 bridgehead atoms. The molecule has 0 aliphatic heterocycles. The highest BCUT2D eigenvalue weighted by molar-refractivity contribution is 6.20. The summed E-state index contributed by atoms with van der Waals surface area (Å²) in [6.45, 7) is 6.25. The number of rotatable bonds is 2. The van der Waals surface area contributed by atoms with Gasteiger partial charge in [0.05, 0.1) is 0 Å². The second kappa shape index (κ2) is 5.06. The van der Waals surface area contributed by atoms with Crippen molar-refractivity contribution in [3.05, 3.63) is 0 Å². The maximum absolute atomic E-state index is 11.3. The molecule has 2 atom stereocenters. The molecule has 0 heterocycles. The van der Waals surface area contributed by atoms with Crippen LogP contribution in [0.25, 0.3) is 0 Å². The van der Waals surface area contributed by atoms with E-state index in [2.05, 4.69) is 5.32 Å². The number of carbonyl (C=O) groups excluding carboxylic acids is 1. The minimum atomic E-state index is -0.422. The fraction of sp³-hybridized carbons (Fsp3) is 0.909. The predicted octanol–water partition coefficient (Wildman–Crippen LogP) is 2.92. The highest BCUT2D eigenvalue weighted by Gasteiger charge is 2.24. The van der Waals surface area contributed by atoms with E-state index in [9.17, 15) is 4.79 Å². The molecule has 1 amide bonds. The first-order chi connectivity index (χ1) is 6.87. The number of alkyl halides is 1. The van der Waals surface area contributed by atoms with Crippen molar-refractivity contribution in [2.45, 2.75) is 51.0 Å². The number of hydrogen-bond donors (Lipinski definition) is 1. The first-order valence-electron chi connectivity index (χ1n) is 5.48. The van der Waals surface area contributed by atoms with Crippen LogP contribution in [0.3, 0.4) is 0 Å². The first kappa shape index (κ1) is 12.6. The van der Waals surface area contributed by atoms with Crippen LogP contribution in [0.15, 0.2) is 0 Å². The fourth-order valence-electron chi connectivity index (χ4n) is 1.74. The van der Waals surface area contributed by atoms with Gasteiger partial charge in [0.25, 0.3) is 0 Å². The molecule has 1 aliphatic rings. The van der Waals surface area contributed by atoms with E-state index in [1.807, 2.05) is 20.8 Å². The Hall–Kier alpha value is -0.440. The van der Waals surface area contributed by atoms with Crippen LogP contribution < -0.4 is 5.32 Å². The predicted molar refractivity (Wildman–Crippen MR) is 61.2 cm³/mol. The molecule has 3 nitrogen and oxygen atoms in total. The summed E-state index contributed by atoms with van der Waals surface area (Å²) in [6, 6.07) is 0. The van der Waals surface area contributed by atoms with E-state index in [1.165, 1.54) is 0 Å². The van der Waals surface area contributed by atoms with Crippen molar-refractivity contribution >= 4 is 17.7 Å². The number of hydrogen-bond acceptors (Lipinski definition) is 2. The third kappa shape index (κ3) is 5.26. The van der Waals surface area contributed by atoms with Crippen LogP contribution in [0, 0.1) is 5.92 Å². The standard InChI is InChI=1S/C11H20ClNO2/c1-11(2,3)15-10(14)13-7-8-4-5-9(12)6-8/h8-9H,4-7H2,1-3H3,(H,13,14). The summed E-state index contributed by atoms with van der Waals surface area (Å²) in [6.07, 6.45) is 2.82. The van der Waals surface area contributed by atoms with Crippen LogP contribution in [0.5, 0.6) is 0 Å². The highest BCUT2D eigenvalue weighted by atomic mass is 35.5. The molecule has 1 saturated carbocycles. The molecule has 0 radical (unpaired) electrons. The molecule has 4 heteroatoms. The lowest BCUT2D eigenvalue weighted by molar-refractivity contribution is 0.0519. The minimum absolute atomic E-state index is 0.287. The molecule has 0 aromatic carbocycles. The number of ether oxygens (including phenoxy) is 1. The third-order valence-corrected chi connectivity index (χ3v) is 2.81. The van der Waals surface area contributed by atoms with E-state index >= 15 is 0 Å². The summed E-state index contributed by atoms with van der Waals surface area (Å²) in [4.78, 5) is 11.3. The molecular weight excluding hydrogens is 214 g/mol. The van der Waals surface area contributed by atoms with Gasteiger partial charge in [-0.15, -0.1) is 11.6 Å². The monoisotopic (exact) mass is 233 g/mol. The molecule has 1 N–H and O–H groups in total. The molecule has 0 aromatic rings. The van der Waals surface area contributed by atoms with Crippen molar-refractivity contribution in [2.24, 2.45) is 5.92 Å². The Balaban J connectivity index is 2.17. The molecule has 0 saturated heterocycles. The van der Waals surface area contributed by atoms with Crippen LogP contribution in [-0.2, 0) is 4.74 Å². The summed E-state index contributed by atoms with van der Waals surface area (Å²) < 4.78 is 5.14. The molecule has 2 unspecified atom stereocenters. The van der Waals surface area contributed by atoms with Crippen LogP contribution in [-0.4, -0.2) is 23.6 Å². The lowest BCUT2D eigenvalue weighted by Crippen LogP contribution is -2.34. The molecule has 15 heavy (non-hydrogen) atoms. The van der Waals surface area contributed by atoms with Crippen LogP contribution in [0.4, 0.5) is 4.79 Å². The van der Waals surface area contributed by atoms with Crippen LogP contribution in [0.2, 0.25) is 0 Å². The van der Waals surface area contributed by atoms with Gasteiger partial charge in [0.1, 0.15) is 5.60 Å². The van der Waals surface area contributed by atoms with Crippen molar-refractivity contribution in [1.82, 2.24) is 5.32 Å². The van der Waals surface area contributed by atoms with Gasteiger partial charge in [-0.3, -0.25) is 0 Å². The number of carbonyl (C=O) groups is 1. The van der Waals surface area contributed by atoms with E-state index < -0.39 is 5.60 Å². The summed E-state index contributed by atoms with van der Waals surface area (Å²) >= 11 is 5.98. The van der Waals surface area contributed by atoms with Crippen LogP contribution >= 0.6 is 11.6 Å². The lowest BCUT2D eigenvalue weighted by atomic mass is 10.1. The van der Waals surface area contributed by atoms with Gasteiger partial charge in [0.15, 0.2) is 0 Å². The van der Waals surface area contributed by atoms with Gasteiger partial charge in [-0.2, -0.15) is 0 Å². The summed E-state index contributed by atoms with van der Waals surface area (Å²) in [5.74, 6) is 0.514. The Morgan fingerprint density at radius 2 is 2.13 bits per heavy atom. The SMILES string of the molecule is CC(C)(C)OC(=O)NCC1CCC(Cl)C1. The molecule has 1 aliphatic carbocycles. The van der Waals surface area contributed by atoms with E-state index in [0.29, 0.717) is 12.5 Å². The summed E-state index contributed by atoms with van der Waals surface area (Å²) in [5, 5.41) is 3.07. The maximum atomic E-state index is 11.3. The first-order valence-corrected chi connectivity index (χ1v) is 5.91. The molecule has 0 spiro atoms. The topological polar surface area (TPSA) is 38.3 Å². The second-order valence-corrected chi connectivity index (χ2v) is 5.78. The van der Waals surface area contributed by atoms with Gasteiger partial charge in [0.2, 0.25) is 0 Å². The van der Waals surface area contributed by atoms with E-state index in [-0.39, 0.29) is 11.5 Å². The maximum Gasteiger partial charge on any atom is 0.407 e. The smallest absolute Gasteiger partial charge is 0.407 e. The fourth-order valence-corrected chi connectivity index (χ4v) is 2.12.